The van der Waals surface area contributed by atoms with Gasteiger partial charge in [0.05, 0.1) is 10.7 Å². The maximum absolute atomic E-state index is 5.86. The lowest BCUT2D eigenvalue weighted by Gasteiger charge is -2.29. The van der Waals surface area contributed by atoms with E-state index in [1.54, 1.807) is 11.3 Å². The van der Waals surface area contributed by atoms with Gasteiger partial charge in [-0.2, -0.15) is 0 Å². The third kappa shape index (κ3) is 2.87. The number of rotatable bonds is 2. The molecule has 1 fully saturated rings. The Hall–Kier alpha value is -0.450. The van der Waals surface area contributed by atoms with Crippen LogP contribution in [-0.2, 0) is 10.2 Å². The van der Waals surface area contributed by atoms with Crippen LogP contribution in [0, 0.1) is 5.92 Å². The Labute approximate surface area is 107 Å². The number of hydrogen-bond donors (Lipinski definition) is 1. The van der Waals surface area contributed by atoms with Gasteiger partial charge >= 0.3 is 0 Å². The van der Waals surface area contributed by atoms with E-state index in [2.05, 4.69) is 26.2 Å². The molecule has 1 aromatic heterocycles. The van der Waals surface area contributed by atoms with E-state index >= 15 is 0 Å². The minimum Gasteiger partial charge on any atom is -0.372 e. The van der Waals surface area contributed by atoms with Crippen LogP contribution in [0.15, 0.2) is 5.38 Å². The molecule has 2 heterocycles. The second kappa shape index (κ2) is 5.04. The molecule has 3 nitrogen and oxygen atoms in total. The largest absolute Gasteiger partial charge is 0.372 e. The van der Waals surface area contributed by atoms with Crippen LogP contribution < -0.4 is 5.73 Å². The average molecular weight is 254 g/mol. The number of ether oxygens (including phenoxy) is 1. The second-order valence-electron chi connectivity index (χ2n) is 5.76. The Morgan fingerprint density at radius 2 is 2.29 bits per heavy atom. The van der Waals surface area contributed by atoms with Crippen LogP contribution in [0.4, 0.5) is 0 Å². The Morgan fingerprint density at radius 3 is 2.88 bits per heavy atom. The van der Waals surface area contributed by atoms with Gasteiger partial charge in [0, 0.05) is 23.3 Å². The van der Waals surface area contributed by atoms with Gasteiger partial charge in [-0.3, -0.25) is 0 Å². The van der Waals surface area contributed by atoms with E-state index in [1.807, 2.05) is 0 Å². The number of nitrogens with zero attached hydrogens (tertiary/aromatic N) is 1. The van der Waals surface area contributed by atoms with Crippen molar-refractivity contribution in [1.82, 2.24) is 4.98 Å². The molecule has 1 aliphatic heterocycles. The molecule has 0 amide bonds. The molecule has 1 aromatic rings. The number of thiazole rings is 1. The average Bonchev–Trinajstić information content (AvgIpc) is 2.77. The molecular weight excluding hydrogens is 232 g/mol. The lowest BCUT2D eigenvalue weighted by atomic mass is 9.92. The Balaban J connectivity index is 2.18. The molecule has 17 heavy (non-hydrogen) atoms. The zero-order valence-electron chi connectivity index (χ0n) is 10.9. The van der Waals surface area contributed by atoms with Crippen molar-refractivity contribution in [3.05, 3.63) is 16.1 Å². The zero-order valence-corrected chi connectivity index (χ0v) is 11.7. The molecule has 0 radical (unpaired) electrons. The lowest BCUT2D eigenvalue weighted by molar-refractivity contribution is -0.0274. The van der Waals surface area contributed by atoms with Crippen LogP contribution in [0.2, 0.25) is 0 Å². The molecule has 1 aliphatic rings. The first kappa shape index (κ1) is 13.0. The van der Waals surface area contributed by atoms with Gasteiger partial charge in [0.25, 0.3) is 0 Å². The summed E-state index contributed by atoms with van der Waals surface area (Å²) < 4.78 is 5.86. The molecule has 2 rings (SSSR count). The summed E-state index contributed by atoms with van der Waals surface area (Å²) >= 11 is 1.73. The molecule has 4 heteroatoms. The van der Waals surface area contributed by atoms with Gasteiger partial charge in [-0.25, -0.2) is 4.98 Å². The quantitative estimate of drug-likeness (QED) is 0.883. The summed E-state index contributed by atoms with van der Waals surface area (Å²) in [5, 5.41) is 3.32. The van der Waals surface area contributed by atoms with Crippen LogP contribution in [0.3, 0.4) is 0 Å². The molecular formula is C13H22N2OS. The van der Waals surface area contributed by atoms with Crippen LogP contribution in [0.1, 0.15) is 50.4 Å². The number of aromatic nitrogens is 1. The van der Waals surface area contributed by atoms with E-state index < -0.39 is 0 Å². The minimum atomic E-state index is 0.112. The SMILES string of the molecule is CC(C)(C)c1nc(C2OCCCC2CN)cs1. The highest BCUT2D eigenvalue weighted by molar-refractivity contribution is 7.09. The highest BCUT2D eigenvalue weighted by Crippen LogP contribution is 2.35. The van der Waals surface area contributed by atoms with Gasteiger partial charge in [-0.1, -0.05) is 20.8 Å². The van der Waals surface area contributed by atoms with Gasteiger partial charge in [0.1, 0.15) is 6.10 Å². The van der Waals surface area contributed by atoms with Crippen molar-refractivity contribution in [2.24, 2.45) is 11.7 Å². The normalized spacial score (nSPS) is 26.1. The van der Waals surface area contributed by atoms with Gasteiger partial charge in [0.2, 0.25) is 0 Å². The molecule has 96 valence electrons. The number of nitrogens with two attached hydrogens (primary N) is 1. The van der Waals surface area contributed by atoms with Crippen LogP contribution in [0.25, 0.3) is 0 Å². The standard InChI is InChI=1S/C13H22N2OS/c1-13(2,3)12-15-10(8-17-12)11-9(7-14)5-4-6-16-11/h8-9,11H,4-7,14H2,1-3H3. The molecule has 0 bridgehead atoms. The molecule has 2 atom stereocenters. The highest BCUT2D eigenvalue weighted by atomic mass is 32.1. The molecule has 0 saturated carbocycles. The van der Waals surface area contributed by atoms with Crippen LogP contribution >= 0.6 is 11.3 Å². The van der Waals surface area contributed by atoms with Gasteiger partial charge in [-0.05, 0) is 19.4 Å². The first-order valence-corrected chi connectivity index (χ1v) is 7.18. The molecule has 2 unspecified atom stereocenters. The van der Waals surface area contributed by atoms with Crippen molar-refractivity contribution in [3.63, 3.8) is 0 Å². The fraction of sp³-hybridized carbons (Fsp3) is 0.769. The maximum atomic E-state index is 5.86. The molecule has 0 spiro atoms. The Kier molecular flexibility index (Phi) is 3.85. The van der Waals surface area contributed by atoms with E-state index in [0.29, 0.717) is 12.5 Å². The third-order valence-electron chi connectivity index (χ3n) is 3.20. The molecule has 1 saturated heterocycles. The number of hydrogen-bond acceptors (Lipinski definition) is 4. The summed E-state index contributed by atoms with van der Waals surface area (Å²) in [4.78, 5) is 4.74. The van der Waals surface area contributed by atoms with Crippen LogP contribution in [-0.4, -0.2) is 18.1 Å². The van der Waals surface area contributed by atoms with Crippen molar-refractivity contribution >= 4 is 11.3 Å². The van der Waals surface area contributed by atoms with E-state index in [1.165, 1.54) is 5.01 Å². The van der Waals surface area contributed by atoms with Crippen molar-refractivity contribution in [1.29, 1.82) is 0 Å². The predicted molar refractivity (Wildman–Crippen MR) is 71.3 cm³/mol. The van der Waals surface area contributed by atoms with Crippen molar-refractivity contribution in [2.75, 3.05) is 13.2 Å². The van der Waals surface area contributed by atoms with Gasteiger partial charge in [-0.15, -0.1) is 11.3 Å². The van der Waals surface area contributed by atoms with Gasteiger partial charge < -0.3 is 10.5 Å². The topological polar surface area (TPSA) is 48.1 Å². The zero-order chi connectivity index (χ0) is 12.5. The van der Waals surface area contributed by atoms with E-state index in [4.69, 9.17) is 15.5 Å². The van der Waals surface area contributed by atoms with Crippen molar-refractivity contribution in [2.45, 2.75) is 45.1 Å². The smallest absolute Gasteiger partial charge is 0.104 e. The third-order valence-corrected chi connectivity index (χ3v) is 4.49. The molecule has 0 aromatic carbocycles. The van der Waals surface area contributed by atoms with Crippen molar-refractivity contribution in [3.8, 4) is 0 Å². The molecule has 0 aliphatic carbocycles. The lowest BCUT2D eigenvalue weighted by Crippen LogP contribution is -2.29. The monoisotopic (exact) mass is 254 g/mol. The maximum Gasteiger partial charge on any atom is 0.104 e. The van der Waals surface area contributed by atoms with Crippen molar-refractivity contribution < 1.29 is 4.74 Å². The Bertz CT molecular complexity index is 370. The summed E-state index contributed by atoms with van der Waals surface area (Å²) in [7, 11) is 0. The first-order chi connectivity index (χ1) is 8.02. The van der Waals surface area contributed by atoms with E-state index in [0.717, 1.165) is 25.1 Å². The molecule has 2 N–H and O–H groups in total. The second-order valence-corrected chi connectivity index (χ2v) is 6.62. The highest BCUT2D eigenvalue weighted by Gasteiger charge is 2.29. The van der Waals surface area contributed by atoms with E-state index in [-0.39, 0.29) is 11.5 Å². The fourth-order valence-electron chi connectivity index (χ4n) is 2.17. The fourth-order valence-corrected chi connectivity index (χ4v) is 3.10. The summed E-state index contributed by atoms with van der Waals surface area (Å²) in [6, 6.07) is 0. The summed E-state index contributed by atoms with van der Waals surface area (Å²) in [6.07, 6.45) is 2.39. The summed E-state index contributed by atoms with van der Waals surface area (Å²) in [5.74, 6) is 0.429. The Morgan fingerprint density at radius 1 is 1.53 bits per heavy atom. The van der Waals surface area contributed by atoms with E-state index in [9.17, 15) is 0 Å². The van der Waals surface area contributed by atoms with Gasteiger partial charge in [0.15, 0.2) is 0 Å². The minimum absolute atomic E-state index is 0.112. The predicted octanol–water partition coefficient (Wildman–Crippen LogP) is 2.87. The summed E-state index contributed by atoms with van der Waals surface area (Å²) in [6.45, 7) is 8.10. The van der Waals surface area contributed by atoms with Crippen LogP contribution in [0.5, 0.6) is 0 Å². The first-order valence-electron chi connectivity index (χ1n) is 6.30. The summed E-state index contributed by atoms with van der Waals surface area (Å²) in [5.41, 5.74) is 7.02.